The van der Waals surface area contributed by atoms with E-state index in [4.69, 9.17) is 4.74 Å². The van der Waals surface area contributed by atoms with E-state index in [0.717, 1.165) is 8.66 Å². The van der Waals surface area contributed by atoms with Crippen LogP contribution in [0.4, 0.5) is 4.39 Å². The second-order valence-corrected chi connectivity index (χ2v) is 5.93. The van der Waals surface area contributed by atoms with Crippen molar-refractivity contribution in [3.8, 4) is 5.75 Å². The van der Waals surface area contributed by atoms with Crippen LogP contribution in [0.5, 0.6) is 5.75 Å². The van der Waals surface area contributed by atoms with Gasteiger partial charge < -0.3 is 9.84 Å². The SMILES string of the molecule is COc1ccc(C(O)c2ccc(Br)s2)cc1F. The number of halogens is 2. The molecule has 0 aliphatic rings. The lowest BCUT2D eigenvalue weighted by Gasteiger charge is -2.10. The molecule has 0 aliphatic carbocycles. The first kappa shape index (κ1) is 12.5. The first-order valence-corrected chi connectivity index (χ1v) is 6.49. The maximum Gasteiger partial charge on any atom is 0.165 e. The summed E-state index contributed by atoms with van der Waals surface area (Å²) < 4.78 is 19.2. The highest BCUT2D eigenvalue weighted by atomic mass is 79.9. The molecule has 2 aromatic rings. The number of thiophene rings is 1. The molecule has 2 nitrogen and oxygen atoms in total. The molecule has 0 bridgehead atoms. The highest BCUT2D eigenvalue weighted by Gasteiger charge is 2.14. The van der Waals surface area contributed by atoms with Crippen LogP contribution in [0.2, 0.25) is 0 Å². The molecule has 2 rings (SSSR count). The van der Waals surface area contributed by atoms with E-state index in [1.54, 1.807) is 6.07 Å². The molecule has 1 heterocycles. The fourth-order valence-electron chi connectivity index (χ4n) is 1.49. The van der Waals surface area contributed by atoms with Gasteiger partial charge in [-0.15, -0.1) is 11.3 Å². The predicted molar refractivity (Wildman–Crippen MR) is 69.0 cm³/mol. The Hall–Kier alpha value is -0.910. The van der Waals surface area contributed by atoms with Gasteiger partial charge in [0, 0.05) is 4.88 Å². The lowest BCUT2D eigenvalue weighted by molar-refractivity contribution is 0.223. The third-order valence-electron chi connectivity index (χ3n) is 2.36. The maximum atomic E-state index is 13.5. The summed E-state index contributed by atoms with van der Waals surface area (Å²) in [6.45, 7) is 0. The topological polar surface area (TPSA) is 29.5 Å². The molecule has 90 valence electrons. The Morgan fingerprint density at radius 2 is 2.12 bits per heavy atom. The second-order valence-electron chi connectivity index (χ2n) is 3.44. The Morgan fingerprint density at radius 1 is 1.35 bits per heavy atom. The molecular weight excluding hydrogens is 307 g/mol. The number of methoxy groups -OCH3 is 1. The van der Waals surface area contributed by atoms with E-state index in [1.165, 1.54) is 30.6 Å². The number of hydrogen-bond donors (Lipinski definition) is 1. The number of benzene rings is 1. The normalized spacial score (nSPS) is 12.5. The van der Waals surface area contributed by atoms with Gasteiger partial charge in [0.15, 0.2) is 11.6 Å². The average Bonchev–Trinajstić information content (AvgIpc) is 2.75. The Morgan fingerprint density at radius 3 is 2.65 bits per heavy atom. The van der Waals surface area contributed by atoms with E-state index >= 15 is 0 Å². The minimum Gasteiger partial charge on any atom is -0.494 e. The molecule has 0 spiro atoms. The van der Waals surface area contributed by atoms with Crippen LogP contribution in [0.25, 0.3) is 0 Å². The van der Waals surface area contributed by atoms with E-state index < -0.39 is 11.9 Å². The van der Waals surface area contributed by atoms with Crippen molar-refractivity contribution in [2.24, 2.45) is 0 Å². The van der Waals surface area contributed by atoms with Crippen molar-refractivity contribution in [3.05, 3.63) is 50.4 Å². The van der Waals surface area contributed by atoms with Crippen molar-refractivity contribution < 1.29 is 14.2 Å². The highest BCUT2D eigenvalue weighted by molar-refractivity contribution is 9.11. The van der Waals surface area contributed by atoms with Crippen LogP contribution in [0, 0.1) is 5.82 Å². The third kappa shape index (κ3) is 2.68. The molecule has 0 aliphatic heterocycles. The molecule has 1 atom stereocenters. The predicted octanol–water partition coefficient (Wildman–Crippen LogP) is 3.74. The number of aliphatic hydroxyl groups is 1. The Labute approximate surface area is 111 Å². The first-order chi connectivity index (χ1) is 8.11. The molecule has 0 amide bonds. The minimum atomic E-state index is -0.813. The van der Waals surface area contributed by atoms with Crippen LogP contribution >= 0.6 is 27.3 Å². The smallest absolute Gasteiger partial charge is 0.165 e. The van der Waals surface area contributed by atoms with Gasteiger partial charge in [0.05, 0.1) is 10.9 Å². The molecule has 1 aromatic heterocycles. The largest absolute Gasteiger partial charge is 0.494 e. The van der Waals surface area contributed by atoms with E-state index in [1.807, 2.05) is 12.1 Å². The van der Waals surface area contributed by atoms with Gasteiger partial charge in [-0.2, -0.15) is 0 Å². The molecule has 0 radical (unpaired) electrons. The zero-order valence-electron chi connectivity index (χ0n) is 8.98. The quantitative estimate of drug-likeness (QED) is 0.934. The van der Waals surface area contributed by atoms with Crippen molar-refractivity contribution in [2.45, 2.75) is 6.10 Å². The molecule has 0 saturated carbocycles. The van der Waals surface area contributed by atoms with Crippen LogP contribution in [0.3, 0.4) is 0 Å². The molecule has 17 heavy (non-hydrogen) atoms. The van der Waals surface area contributed by atoms with E-state index in [2.05, 4.69) is 15.9 Å². The lowest BCUT2D eigenvalue weighted by atomic mass is 10.1. The Bertz CT molecular complexity index is 527. The Kier molecular flexibility index (Phi) is 3.81. The summed E-state index contributed by atoms with van der Waals surface area (Å²) in [6, 6.07) is 8.11. The summed E-state index contributed by atoms with van der Waals surface area (Å²) in [4.78, 5) is 0.765. The summed E-state index contributed by atoms with van der Waals surface area (Å²) in [5.74, 6) is -0.298. The summed E-state index contributed by atoms with van der Waals surface area (Å²) in [5, 5.41) is 10.1. The van der Waals surface area contributed by atoms with Crippen molar-refractivity contribution in [1.82, 2.24) is 0 Å². The van der Waals surface area contributed by atoms with Crippen molar-refractivity contribution >= 4 is 27.3 Å². The second kappa shape index (κ2) is 5.16. The van der Waals surface area contributed by atoms with E-state index in [9.17, 15) is 9.50 Å². The van der Waals surface area contributed by atoms with Gasteiger partial charge in [0.25, 0.3) is 0 Å². The van der Waals surface area contributed by atoms with Gasteiger partial charge in [0.1, 0.15) is 6.10 Å². The maximum absolute atomic E-state index is 13.5. The third-order valence-corrected chi connectivity index (χ3v) is 4.03. The van der Waals surface area contributed by atoms with Crippen LogP contribution in [-0.4, -0.2) is 12.2 Å². The number of hydrogen-bond acceptors (Lipinski definition) is 3. The van der Waals surface area contributed by atoms with Crippen molar-refractivity contribution in [1.29, 1.82) is 0 Å². The number of ether oxygens (including phenoxy) is 1. The van der Waals surface area contributed by atoms with Crippen LogP contribution in [0.1, 0.15) is 16.5 Å². The van der Waals surface area contributed by atoms with Gasteiger partial charge in [-0.25, -0.2) is 4.39 Å². The number of aliphatic hydroxyl groups excluding tert-OH is 1. The van der Waals surface area contributed by atoms with Crippen molar-refractivity contribution in [3.63, 3.8) is 0 Å². The summed E-state index contributed by atoms with van der Waals surface area (Å²) in [5.41, 5.74) is 0.512. The van der Waals surface area contributed by atoms with Gasteiger partial charge in [-0.3, -0.25) is 0 Å². The van der Waals surface area contributed by atoms with Gasteiger partial charge >= 0.3 is 0 Å². The molecule has 0 fully saturated rings. The monoisotopic (exact) mass is 316 g/mol. The van der Waals surface area contributed by atoms with E-state index in [-0.39, 0.29) is 5.75 Å². The number of rotatable bonds is 3. The summed E-state index contributed by atoms with van der Waals surface area (Å²) >= 11 is 4.74. The summed E-state index contributed by atoms with van der Waals surface area (Å²) in [6.07, 6.45) is -0.813. The molecular formula is C12H10BrFO2S. The molecule has 1 N–H and O–H groups in total. The first-order valence-electron chi connectivity index (χ1n) is 4.88. The van der Waals surface area contributed by atoms with Gasteiger partial charge in [-0.05, 0) is 45.8 Å². The summed E-state index contributed by atoms with van der Waals surface area (Å²) in [7, 11) is 1.41. The van der Waals surface area contributed by atoms with Crippen LogP contribution < -0.4 is 4.74 Å². The van der Waals surface area contributed by atoms with Crippen molar-refractivity contribution in [2.75, 3.05) is 7.11 Å². The zero-order valence-corrected chi connectivity index (χ0v) is 11.4. The molecule has 0 saturated heterocycles. The molecule has 1 unspecified atom stereocenters. The lowest BCUT2D eigenvalue weighted by Crippen LogP contribution is -1.98. The van der Waals surface area contributed by atoms with E-state index in [0.29, 0.717) is 5.56 Å². The van der Waals surface area contributed by atoms with Gasteiger partial charge in [-0.1, -0.05) is 6.07 Å². The zero-order chi connectivity index (χ0) is 12.4. The van der Waals surface area contributed by atoms with Crippen LogP contribution in [0.15, 0.2) is 34.1 Å². The van der Waals surface area contributed by atoms with Crippen LogP contribution in [-0.2, 0) is 0 Å². The van der Waals surface area contributed by atoms with Gasteiger partial charge in [0.2, 0.25) is 0 Å². The fraction of sp³-hybridized carbons (Fsp3) is 0.167. The fourth-order valence-corrected chi connectivity index (χ4v) is 2.93. The standard InChI is InChI=1S/C12H10BrFO2S/c1-16-9-3-2-7(6-8(9)14)12(15)10-4-5-11(13)17-10/h2-6,12,15H,1H3. The molecule has 5 heteroatoms. The highest BCUT2D eigenvalue weighted by Crippen LogP contribution is 2.32. The average molecular weight is 317 g/mol. The molecule has 1 aromatic carbocycles. The minimum absolute atomic E-state index is 0.174. The Balaban J connectivity index is 2.31.